The van der Waals surface area contributed by atoms with Gasteiger partial charge in [-0.25, -0.2) is 4.98 Å². The fourth-order valence-corrected chi connectivity index (χ4v) is 2.76. The number of benzene rings is 1. The van der Waals surface area contributed by atoms with Crippen LogP contribution < -0.4 is 5.32 Å². The number of nitrogens with one attached hydrogen (secondary N) is 2. The molecule has 1 atom stereocenters. The molecular formula is C17H22N4O2S. The molecule has 0 bridgehead atoms. The Hall–Kier alpha value is -2.15. The SMILES string of the molecule is CCc1nc(SC(C)C(=O)c2ccc(NC(=O)C(C)C)cc2)n[nH]1. The van der Waals surface area contributed by atoms with Gasteiger partial charge in [0.2, 0.25) is 11.1 Å². The fourth-order valence-electron chi connectivity index (χ4n) is 1.94. The molecule has 1 heterocycles. The maximum atomic E-state index is 12.5. The second-order valence-electron chi connectivity index (χ2n) is 5.76. The molecule has 0 aliphatic heterocycles. The van der Waals surface area contributed by atoms with Crippen molar-refractivity contribution in [2.24, 2.45) is 5.92 Å². The maximum Gasteiger partial charge on any atom is 0.226 e. The Balaban J connectivity index is 1.99. The summed E-state index contributed by atoms with van der Waals surface area (Å²) >= 11 is 1.33. The first-order valence-electron chi connectivity index (χ1n) is 7.93. The lowest BCUT2D eigenvalue weighted by Gasteiger charge is -2.10. The fraction of sp³-hybridized carbons (Fsp3) is 0.412. The molecule has 2 aromatic rings. The van der Waals surface area contributed by atoms with Crippen molar-refractivity contribution in [1.29, 1.82) is 0 Å². The van der Waals surface area contributed by atoms with E-state index in [0.29, 0.717) is 16.4 Å². The summed E-state index contributed by atoms with van der Waals surface area (Å²) in [6, 6.07) is 6.94. The number of aryl methyl sites for hydroxylation is 1. The van der Waals surface area contributed by atoms with Crippen LogP contribution in [0.15, 0.2) is 29.4 Å². The van der Waals surface area contributed by atoms with E-state index in [1.54, 1.807) is 24.3 Å². The Morgan fingerprint density at radius 3 is 2.42 bits per heavy atom. The molecule has 0 saturated heterocycles. The first-order chi connectivity index (χ1) is 11.4. The van der Waals surface area contributed by atoms with Crippen LogP contribution >= 0.6 is 11.8 Å². The minimum atomic E-state index is -0.290. The number of aromatic nitrogens is 3. The molecule has 1 aromatic heterocycles. The van der Waals surface area contributed by atoms with Gasteiger partial charge in [-0.1, -0.05) is 32.5 Å². The van der Waals surface area contributed by atoms with E-state index < -0.39 is 0 Å². The molecule has 0 saturated carbocycles. The van der Waals surface area contributed by atoms with E-state index in [2.05, 4.69) is 20.5 Å². The number of anilines is 1. The van der Waals surface area contributed by atoms with E-state index in [1.165, 1.54) is 11.8 Å². The summed E-state index contributed by atoms with van der Waals surface area (Å²) in [6.45, 7) is 7.49. The Morgan fingerprint density at radius 2 is 1.88 bits per heavy atom. The van der Waals surface area contributed by atoms with Gasteiger partial charge >= 0.3 is 0 Å². The lowest BCUT2D eigenvalue weighted by Crippen LogP contribution is -2.18. The molecule has 0 aliphatic rings. The highest BCUT2D eigenvalue weighted by molar-refractivity contribution is 8.00. The van der Waals surface area contributed by atoms with E-state index in [9.17, 15) is 9.59 Å². The summed E-state index contributed by atoms with van der Waals surface area (Å²) in [7, 11) is 0. The topological polar surface area (TPSA) is 87.7 Å². The van der Waals surface area contributed by atoms with Gasteiger partial charge in [-0.3, -0.25) is 14.7 Å². The molecule has 1 aromatic carbocycles. The zero-order chi connectivity index (χ0) is 17.7. The first-order valence-corrected chi connectivity index (χ1v) is 8.81. The van der Waals surface area contributed by atoms with Crippen LogP contribution in [0.1, 0.15) is 43.9 Å². The van der Waals surface area contributed by atoms with E-state index >= 15 is 0 Å². The van der Waals surface area contributed by atoms with Crippen LogP contribution in [-0.4, -0.2) is 32.1 Å². The van der Waals surface area contributed by atoms with Crippen LogP contribution in [0.25, 0.3) is 0 Å². The van der Waals surface area contributed by atoms with E-state index in [4.69, 9.17) is 0 Å². The van der Waals surface area contributed by atoms with Gasteiger partial charge in [0.25, 0.3) is 0 Å². The van der Waals surface area contributed by atoms with Gasteiger partial charge in [0.1, 0.15) is 5.82 Å². The lowest BCUT2D eigenvalue weighted by molar-refractivity contribution is -0.118. The van der Waals surface area contributed by atoms with Crippen molar-refractivity contribution in [3.63, 3.8) is 0 Å². The second kappa shape index (κ2) is 8.10. The molecule has 0 radical (unpaired) electrons. The molecule has 0 fully saturated rings. The van der Waals surface area contributed by atoms with Crippen molar-refractivity contribution < 1.29 is 9.59 Å². The number of carbonyl (C=O) groups is 2. The van der Waals surface area contributed by atoms with Crippen LogP contribution in [0.3, 0.4) is 0 Å². The Morgan fingerprint density at radius 1 is 1.21 bits per heavy atom. The molecule has 1 amide bonds. The summed E-state index contributed by atoms with van der Waals surface area (Å²) in [4.78, 5) is 28.5. The number of nitrogens with zero attached hydrogens (tertiary/aromatic N) is 2. The zero-order valence-corrected chi connectivity index (χ0v) is 15.1. The van der Waals surface area contributed by atoms with Gasteiger partial charge in [-0.05, 0) is 31.2 Å². The number of amides is 1. The molecule has 128 valence electrons. The number of Topliss-reactive ketones (excluding diaryl/α,β-unsaturated/α-hetero) is 1. The average molecular weight is 346 g/mol. The number of rotatable bonds is 7. The minimum absolute atomic E-state index is 0.00424. The number of hydrogen-bond donors (Lipinski definition) is 2. The third kappa shape index (κ3) is 4.67. The van der Waals surface area contributed by atoms with Gasteiger partial charge < -0.3 is 5.32 Å². The van der Waals surface area contributed by atoms with Crippen LogP contribution in [0.5, 0.6) is 0 Å². The summed E-state index contributed by atoms with van der Waals surface area (Å²) in [6.07, 6.45) is 0.777. The number of ketones is 1. The highest BCUT2D eigenvalue weighted by Crippen LogP contribution is 2.23. The Labute approximate surface area is 145 Å². The Bertz CT molecular complexity index is 710. The van der Waals surface area contributed by atoms with E-state index in [-0.39, 0.29) is 22.9 Å². The largest absolute Gasteiger partial charge is 0.326 e. The number of thioether (sulfide) groups is 1. The predicted octanol–water partition coefficient (Wildman–Crippen LogP) is 3.33. The first kappa shape index (κ1) is 18.2. The van der Waals surface area contributed by atoms with Crippen LogP contribution in [0.4, 0.5) is 5.69 Å². The molecule has 7 heteroatoms. The van der Waals surface area contributed by atoms with Crippen LogP contribution in [-0.2, 0) is 11.2 Å². The molecule has 0 spiro atoms. The van der Waals surface area contributed by atoms with E-state index in [1.807, 2.05) is 27.7 Å². The highest BCUT2D eigenvalue weighted by atomic mass is 32.2. The lowest BCUT2D eigenvalue weighted by atomic mass is 10.1. The Kier molecular flexibility index (Phi) is 6.14. The minimum Gasteiger partial charge on any atom is -0.326 e. The van der Waals surface area contributed by atoms with Crippen LogP contribution in [0, 0.1) is 5.92 Å². The van der Waals surface area contributed by atoms with Gasteiger partial charge in [0.05, 0.1) is 5.25 Å². The highest BCUT2D eigenvalue weighted by Gasteiger charge is 2.19. The molecule has 24 heavy (non-hydrogen) atoms. The number of carbonyl (C=O) groups excluding carboxylic acids is 2. The molecular weight excluding hydrogens is 324 g/mol. The van der Waals surface area contributed by atoms with Gasteiger partial charge in [-0.2, -0.15) is 0 Å². The predicted molar refractivity (Wildman–Crippen MR) is 95.3 cm³/mol. The summed E-state index contributed by atoms with van der Waals surface area (Å²) in [5.74, 6) is 0.679. The summed E-state index contributed by atoms with van der Waals surface area (Å²) < 4.78 is 0. The monoisotopic (exact) mass is 346 g/mol. The number of hydrogen-bond acceptors (Lipinski definition) is 5. The molecule has 2 rings (SSSR count). The number of H-pyrrole nitrogens is 1. The number of aromatic amines is 1. The van der Waals surface area contributed by atoms with Crippen molar-refractivity contribution in [3.05, 3.63) is 35.7 Å². The average Bonchev–Trinajstić information content (AvgIpc) is 3.02. The second-order valence-corrected chi connectivity index (χ2v) is 7.07. The molecule has 6 nitrogen and oxygen atoms in total. The van der Waals surface area contributed by atoms with Crippen LogP contribution in [0.2, 0.25) is 0 Å². The summed E-state index contributed by atoms with van der Waals surface area (Å²) in [5, 5.41) is 10.0. The van der Waals surface area contributed by atoms with Crippen molar-refractivity contribution in [3.8, 4) is 0 Å². The molecule has 1 unspecified atom stereocenters. The molecule has 0 aliphatic carbocycles. The zero-order valence-electron chi connectivity index (χ0n) is 14.3. The third-order valence-electron chi connectivity index (χ3n) is 3.46. The standard InChI is InChI=1S/C17H22N4O2S/c1-5-14-19-17(21-20-14)24-11(4)15(22)12-6-8-13(9-7-12)18-16(23)10(2)3/h6-11H,5H2,1-4H3,(H,18,23)(H,19,20,21). The van der Waals surface area contributed by atoms with Gasteiger partial charge in [0, 0.05) is 23.6 Å². The smallest absolute Gasteiger partial charge is 0.226 e. The van der Waals surface area contributed by atoms with Crippen molar-refractivity contribution in [2.75, 3.05) is 5.32 Å². The quantitative estimate of drug-likeness (QED) is 0.593. The molecule has 2 N–H and O–H groups in total. The maximum absolute atomic E-state index is 12.5. The van der Waals surface area contributed by atoms with Crippen molar-refractivity contribution >= 4 is 29.1 Å². The van der Waals surface area contributed by atoms with Gasteiger partial charge in [0.15, 0.2) is 5.78 Å². The normalized spacial score (nSPS) is 12.2. The van der Waals surface area contributed by atoms with Crippen molar-refractivity contribution in [2.45, 2.75) is 44.5 Å². The third-order valence-corrected chi connectivity index (χ3v) is 4.42. The summed E-state index contributed by atoms with van der Waals surface area (Å²) in [5.41, 5.74) is 1.29. The van der Waals surface area contributed by atoms with E-state index in [0.717, 1.165) is 12.2 Å². The van der Waals surface area contributed by atoms with Crippen molar-refractivity contribution in [1.82, 2.24) is 15.2 Å². The van der Waals surface area contributed by atoms with Gasteiger partial charge in [-0.15, -0.1) is 5.10 Å².